The number of amides is 1. The molecule has 5 nitrogen and oxygen atoms in total. The van der Waals surface area contributed by atoms with Gasteiger partial charge in [0.2, 0.25) is 0 Å². The van der Waals surface area contributed by atoms with Crippen LogP contribution >= 0.6 is 11.6 Å². The van der Waals surface area contributed by atoms with Crippen LogP contribution in [-0.2, 0) is 4.79 Å². The van der Waals surface area contributed by atoms with Gasteiger partial charge in [0.15, 0.2) is 6.10 Å². The zero-order valence-corrected chi connectivity index (χ0v) is 13.9. The molecule has 0 unspecified atom stereocenters. The number of hydrogen-bond acceptors (Lipinski definition) is 4. The minimum Gasteiger partial charge on any atom is -0.455 e. The number of halogens is 1. The molecule has 1 atom stereocenters. The normalized spacial score (nSPS) is 12.2. The highest BCUT2D eigenvalue weighted by molar-refractivity contribution is 6.30. The Morgan fingerprint density at radius 3 is 2.68 bits per heavy atom. The molecule has 6 heteroatoms. The van der Waals surface area contributed by atoms with Gasteiger partial charge in [-0.05, 0) is 29.8 Å². The van der Waals surface area contributed by atoms with Crippen molar-refractivity contribution in [3.63, 3.8) is 0 Å². The maximum absolute atomic E-state index is 11.9. The molecule has 0 aliphatic rings. The lowest BCUT2D eigenvalue weighted by molar-refractivity contribution is -0.129. The molecule has 1 aromatic heterocycles. The molecule has 2 N–H and O–H groups in total. The summed E-state index contributed by atoms with van der Waals surface area (Å²) in [6.07, 6.45) is 0.0842. The molecule has 0 bridgehead atoms. The van der Waals surface area contributed by atoms with Crippen molar-refractivity contribution in [2.75, 3.05) is 0 Å². The van der Waals surface area contributed by atoms with Crippen molar-refractivity contribution in [2.45, 2.75) is 6.10 Å². The van der Waals surface area contributed by atoms with Crippen LogP contribution in [0.3, 0.4) is 0 Å². The molecule has 0 radical (unpaired) electrons. The fourth-order valence-corrected chi connectivity index (χ4v) is 2.42. The first-order valence-electron chi connectivity index (χ1n) is 7.55. The Balaban J connectivity index is 1.62. The zero-order valence-electron chi connectivity index (χ0n) is 13.1. The third-order valence-corrected chi connectivity index (χ3v) is 3.70. The number of hydrazone groups is 1. The Morgan fingerprint density at radius 1 is 1.12 bits per heavy atom. The van der Waals surface area contributed by atoms with Gasteiger partial charge in [-0.3, -0.25) is 4.79 Å². The summed E-state index contributed by atoms with van der Waals surface area (Å²) in [6.45, 7) is 0. The van der Waals surface area contributed by atoms with Gasteiger partial charge in [-0.15, -0.1) is 0 Å². The number of nitrogens with one attached hydrogen (secondary N) is 1. The first-order valence-corrected chi connectivity index (χ1v) is 7.93. The zero-order chi connectivity index (χ0) is 17.6. The van der Waals surface area contributed by atoms with Gasteiger partial charge < -0.3 is 9.52 Å². The second kappa shape index (κ2) is 7.79. The fraction of sp³-hybridized carbons (Fsp3) is 0.0526. The molecule has 0 fully saturated rings. The molecule has 3 rings (SSSR count). The lowest BCUT2D eigenvalue weighted by Crippen LogP contribution is -2.25. The molecule has 25 heavy (non-hydrogen) atoms. The lowest BCUT2D eigenvalue weighted by Gasteiger charge is -2.08. The van der Waals surface area contributed by atoms with Crippen LogP contribution < -0.4 is 5.43 Å². The average molecular weight is 355 g/mol. The Morgan fingerprint density at radius 2 is 1.92 bits per heavy atom. The molecule has 0 aliphatic carbocycles. The second-order valence-electron chi connectivity index (χ2n) is 5.26. The summed E-state index contributed by atoms with van der Waals surface area (Å²) in [5.74, 6) is 0.480. The first-order chi connectivity index (χ1) is 12.1. The van der Waals surface area contributed by atoms with E-state index in [1.165, 1.54) is 6.21 Å². The van der Waals surface area contributed by atoms with Gasteiger partial charge in [0.25, 0.3) is 5.91 Å². The van der Waals surface area contributed by atoms with Crippen LogP contribution in [0.4, 0.5) is 0 Å². The third kappa shape index (κ3) is 4.35. The van der Waals surface area contributed by atoms with Crippen LogP contribution in [0.2, 0.25) is 5.02 Å². The van der Waals surface area contributed by atoms with Crippen LogP contribution in [0.15, 0.2) is 76.2 Å². The van der Waals surface area contributed by atoms with Crippen molar-refractivity contribution < 1.29 is 14.3 Å². The molecular weight excluding hydrogens is 340 g/mol. The summed E-state index contributed by atoms with van der Waals surface area (Å²) >= 11 is 5.96. The molecule has 0 aliphatic heterocycles. The standard InChI is InChI=1S/C19H15ClN2O3/c20-15-8-4-7-14(11-15)17-10-9-16(25-17)12-21-22-19(24)18(23)13-5-2-1-3-6-13/h1-12,18,23H,(H,22,24)/t18-/m1/s1. The van der Waals surface area contributed by atoms with Gasteiger partial charge >= 0.3 is 0 Å². The number of carbonyl (C=O) groups is 1. The van der Waals surface area contributed by atoms with Crippen molar-refractivity contribution in [3.05, 3.63) is 83.1 Å². The Kier molecular flexibility index (Phi) is 5.28. The van der Waals surface area contributed by atoms with E-state index in [1.807, 2.05) is 12.1 Å². The molecule has 3 aromatic rings. The highest BCUT2D eigenvalue weighted by Gasteiger charge is 2.16. The first kappa shape index (κ1) is 17.0. The van der Waals surface area contributed by atoms with Crippen LogP contribution in [-0.4, -0.2) is 17.2 Å². The Bertz CT molecular complexity index is 890. The van der Waals surface area contributed by atoms with Gasteiger partial charge in [-0.25, -0.2) is 5.43 Å². The molecule has 0 saturated heterocycles. The molecule has 0 spiro atoms. The van der Waals surface area contributed by atoms with Crippen LogP contribution in [0.25, 0.3) is 11.3 Å². The highest BCUT2D eigenvalue weighted by Crippen LogP contribution is 2.24. The van der Waals surface area contributed by atoms with Crippen molar-refractivity contribution in [3.8, 4) is 11.3 Å². The maximum atomic E-state index is 11.9. The van der Waals surface area contributed by atoms with E-state index < -0.39 is 12.0 Å². The SMILES string of the molecule is O=C(NN=Cc1ccc(-c2cccc(Cl)c2)o1)[C@H](O)c1ccccc1. The van der Waals surface area contributed by atoms with E-state index in [-0.39, 0.29) is 0 Å². The average Bonchev–Trinajstić information content (AvgIpc) is 3.11. The van der Waals surface area contributed by atoms with E-state index in [1.54, 1.807) is 54.6 Å². The van der Waals surface area contributed by atoms with Crippen molar-refractivity contribution in [1.29, 1.82) is 0 Å². The monoisotopic (exact) mass is 354 g/mol. The lowest BCUT2D eigenvalue weighted by atomic mass is 10.1. The number of nitrogens with zero attached hydrogens (tertiary/aromatic N) is 1. The molecule has 1 heterocycles. The minimum absolute atomic E-state index is 0.462. The minimum atomic E-state index is -1.28. The number of aliphatic hydroxyl groups is 1. The van der Waals surface area contributed by atoms with Crippen molar-refractivity contribution >= 4 is 23.7 Å². The van der Waals surface area contributed by atoms with E-state index in [2.05, 4.69) is 10.5 Å². The quantitative estimate of drug-likeness (QED) is 0.540. The van der Waals surface area contributed by atoms with Crippen LogP contribution in [0.5, 0.6) is 0 Å². The molecule has 2 aromatic carbocycles. The van der Waals surface area contributed by atoms with Crippen LogP contribution in [0, 0.1) is 0 Å². The van der Waals surface area contributed by atoms with E-state index >= 15 is 0 Å². The number of aliphatic hydroxyl groups excluding tert-OH is 1. The van der Waals surface area contributed by atoms with Crippen molar-refractivity contribution in [1.82, 2.24) is 5.43 Å². The van der Waals surface area contributed by atoms with Gasteiger partial charge in [0.05, 0.1) is 6.21 Å². The van der Waals surface area contributed by atoms with E-state index in [9.17, 15) is 9.90 Å². The smallest absolute Gasteiger partial charge is 0.273 e. The van der Waals surface area contributed by atoms with E-state index in [0.717, 1.165) is 5.56 Å². The van der Waals surface area contributed by atoms with Gasteiger partial charge in [0.1, 0.15) is 11.5 Å². The van der Waals surface area contributed by atoms with E-state index in [0.29, 0.717) is 22.1 Å². The molecule has 1 amide bonds. The summed E-state index contributed by atoms with van der Waals surface area (Å²) in [4.78, 5) is 11.9. The number of benzene rings is 2. The van der Waals surface area contributed by atoms with Crippen LogP contribution in [0.1, 0.15) is 17.4 Å². The maximum Gasteiger partial charge on any atom is 0.273 e. The van der Waals surface area contributed by atoms with Crippen molar-refractivity contribution in [2.24, 2.45) is 5.10 Å². The van der Waals surface area contributed by atoms with E-state index in [4.69, 9.17) is 16.0 Å². The summed E-state index contributed by atoms with van der Waals surface area (Å²) in [5, 5.41) is 14.4. The predicted octanol–water partition coefficient (Wildman–Crippen LogP) is 3.78. The predicted molar refractivity (Wildman–Crippen MR) is 96.3 cm³/mol. The summed E-state index contributed by atoms with van der Waals surface area (Å²) < 4.78 is 5.63. The number of hydrogen-bond donors (Lipinski definition) is 2. The molecular formula is C19H15ClN2O3. The number of furan rings is 1. The largest absolute Gasteiger partial charge is 0.455 e. The van der Waals surface area contributed by atoms with Gasteiger partial charge in [-0.1, -0.05) is 54.1 Å². The summed E-state index contributed by atoms with van der Waals surface area (Å²) in [7, 11) is 0. The second-order valence-corrected chi connectivity index (χ2v) is 5.70. The topological polar surface area (TPSA) is 74.8 Å². The fourth-order valence-electron chi connectivity index (χ4n) is 2.23. The number of rotatable bonds is 5. The Labute approximate surface area is 149 Å². The van der Waals surface area contributed by atoms with Gasteiger partial charge in [0, 0.05) is 10.6 Å². The molecule has 126 valence electrons. The summed E-state index contributed by atoms with van der Waals surface area (Å²) in [6, 6.07) is 19.4. The highest BCUT2D eigenvalue weighted by atomic mass is 35.5. The number of carbonyl (C=O) groups excluding carboxylic acids is 1. The Hall–Kier alpha value is -2.89. The third-order valence-electron chi connectivity index (χ3n) is 3.47. The summed E-state index contributed by atoms with van der Waals surface area (Å²) in [5.41, 5.74) is 3.63. The van der Waals surface area contributed by atoms with Gasteiger partial charge in [-0.2, -0.15) is 5.10 Å². The molecule has 0 saturated carbocycles.